The molecule has 2 nitrogen and oxygen atoms in total. The average molecular weight is 215 g/mol. The Morgan fingerprint density at radius 2 is 2.00 bits per heavy atom. The number of hydrogen-bond acceptors (Lipinski definition) is 3. The van der Waals surface area contributed by atoms with Gasteiger partial charge in [0.1, 0.15) is 0 Å². The number of nitrogens with zero attached hydrogens (tertiary/aromatic N) is 1. The molecule has 1 aromatic carbocycles. The van der Waals surface area contributed by atoms with Crippen molar-refractivity contribution >= 4 is 11.3 Å². The molecule has 1 N–H and O–H groups in total. The second-order valence-electron chi connectivity index (χ2n) is 3.17. The SMILES string of the molecule is N#Cc1ccc(-c2cc(CO)cs2)cc1. The lowest BCUT2D eigenvalue weighted by Gasteiger charge is -1.96. The third kappa shape index (κ3) is 2.07. The molecule has 1 aromatic heterocycles. The van der Waals surface area contributed by atoms with Gasteiger partial charge in [-0.2, -0.15) is 5.26 Å². The molecule has 74 valence electrons. The number of aliphatic hydroxyl groups is 1. The van der Waals surface area contributed by atoms with E-state index in [1.54, 1.807) is 23.5 Å². The predicted molar refractivity (Wildman–Crippen MR) is 60.4 cm³/mol. The summed E-state index contributed by atoms with van der Waals surface area (Å²) in [6.45, 7) is 0.0762. The molecule has 3 heteroatoms. The molecule has 2 rings (SSSR count). The van der Waals surface area contributed by atoms with Gasteiger partial charge < -0.3 is 5.11 Å². The Balaban J connectivity index is 2.33. The van der Waals surface area contributed by atoms with Crippen molar-refractivity contribution in [2.24, 2.45) is 0 Å². The number of rotatable bonds is 2. The Labute approximate surface area is 92.0 Å². The van der Waals surface area contributed by atoms with E-state index in [9.17, 15) is 0 Å². The molecule has 0 bridgehead atoms. The fraction of sp³-hybridized carbons (Fsp3) is 0.0833. The van der Waals surface area contributed by atoms with Crippen LogP contribution in [-0.2, 0) is 6.61 Å². The van der Waals surface area contributed by atoms with Gasteiger partial charge in [-0.1, -0.05) is 12.1 Å². The minimum Gasteiger partial charge on any atom is -0.392 e. The van der Waals surface area contributed by atoms with E-state index >= 15 is 0 Å². The van der Waals surface area contributed by atoms with E-state index in [0.717, 1.165) is 16.0 Å². The van der Waals surface area contributed by atoms with Crippen molar-refractivity contribution in [3.8, 4) is 16.5 Å². The van der Waals surface area contributed by atoms with Crippen molar-refractivity contribution < 1.29 is 5.11 Å². The van der Waals surface area contributed by atoms with Crippen LogP contribution in [0, 0.1) is 11.3 Å². The van der Waals surface area contributed by atoms with Crippen LogP contribution in [0.25, 0.3) is 10.4 Å². The van der Waals surface area contributed by atoms with E-state index in [0.29, 0.717) is 5.56 Å². The summed E-state index contributed by atoms with van der Waals surface area (Å²) in [5.41, 5.74) is 2.68. The highest BCUT2D eigenvalue weighted by Crippen LogP contribution is 2.27. The van der Waals surface area contributed by atoms with Crippen molar-refractivity contribution in [1.29, 1.82) is 5.26 Å². The number of hydrogen-bond donors (Lipinski definition) is 1. The molecule has 0 aliphatic rings. The Kier molecular flexibility index (Phi) is 2.82. The minimum absolute atomic E-state index is 0.0762. The van der Waals surface area contributed by atoms with Crippen LogP contribution >= 0.6 is 11.3 Å². The van der Waals surface area contributed by atoms with Gasteiger partial charge >= 0.3 is 0 Å². The Morgan fingerprint density at radius 3 is 2.53 bits per heavy atom. The Morgan fingerprint density at radius 1 is 1.27 bits per heavy atom. The summed E-state index contributed by atoms with van der Waals surface area (Å²) < 4.78 is 0. The summed E-state index contributed by atoms with van der Waals surface area (Å²) in [6.07, 6.45) is 0. The smallest absolute Gasteiger partial charge is 0.0991 e. The maximum atomic E-state index is 8.94. The van der Waals surface area contributed by atoms with E-state index in [2.05, 4.69) is 6.07 Å². The molecular weight excluding hydrogens is 206 g/mol. The number of nitriles is 1. The molecule has 0 saturated heterocycles. The molecule has 0 spiro atoms. The fourth-order valence-corrected chi connectivity index (χ4v) is 2.23. The lowest BCUT2D eigenvalue weighted by atomic mass is 10.1. The largest absolute Gasteiger partial charge is 0.392 e. The standard InChI is InChI=1S/C12H9NOS/c13-6-9-1-3-11(4-2-9)12-5-10(7-14)8-15-12/h1-5,8,14H,7H2. The molecular formula is C12H9NOS. The maximum absolute atomic E-state index is 8.94. The van der Waals surface area contributed by atoms with Crippen molar-refractivity contribution in [1.82, 2.24) is 0 Å². The summed E-state index contributed by atoms with van der Waals surface area (Å²) in [4.78, 5) is 1.11. The third-order valence-corrected chi connectivity index (χ3v) is 3.16. The van der Waals surface area contributed by atoms with Crippen LogP contribution in [0.3, 0.4) is 0 Å². The molecule has 15 heavy (non-hydrogen) atoms. The monoisotopic (exact) mass is 215 g/mol. The maximum Gasteiger partial charge on any atom is 0.0991 e. The third-order valence-electron chi connectivity index (χ3n) is 2.13. The van der Waals surface area contributed by atoms with Gasteiger partial charge in [-0.25, -0.2) is 0 Å². The number of thiophene rings is 1. The first-order valence-electron chi connectivity index (χ1n) is 4.52. The first kappa shape index (κ1) is 9.91. The molecule has 0 radical (unpaired) electrons. The van der Waals surface area contributed by atoms with E-state index in [4.69, 9.17) is 10.4 Å². The van der Waals surface area contributed by atoms with Crippen molar-refractivity contribution in [2.45, 2.75) is 6.61 Å². The van der Waals surface area contributed by atoms with Crippen LogP contribution in [0.1, 0.15) is 11.1 Å². The summed E-state index contributed by atoms with van der Waals surface area (Å²) >= 11 is 1.60. The lowest BCUT2D eigenvalue weighted by molar-refractivity contribution is 0.282. The molecule has 0 aliphatic carbocycles. The van der Waals surface area contributed by atoms with Crippen LogP contribution in [0.15, 0.2) is 35.7 Å². The van der Waals surface area contributed by atoms with Crippen LogP contribution in [-0.4, -0.2) is 5.11 Å². The average Bonchev–Trinajstić information content (AvgIpc) is 2.78. The quantitative estimate of drug-likeness (QED) is 0.837. The molecule has 0 fully saturated rings. The van der Waals surface area contributed by atoms with Crippen molar-refractivity contribution in [2.75, 3.05) is 0 Å². The fourth-order valence-electron chi connectivity index (χ4n) is 1.32. The van der Waals surface area contributed by atoms with Crippen LogP contribution in [0.2, 0.25) is 0 Å². The normalized spacial score (nSPS) is 9.87. The lowest BCUT2D eigenvalue weighted by Crippen LogP contribution is -1.76. The van der Waals surface area contributed by atoms with E-state index in [1.165, 1.54) is 0 Å². The number of benzene rings is 1. The highest BCUT2D eigenvalue weighted by Gasteiger charge is 2.01. The zero-order valence-electron chi connectivity index (χ0n) is 7.97. The van der Waals surface area contributed by atoms with E-state index < -0.39 is 0 Å². The minimum atomic E-state index is 0.0762. The zero-order chi connectivity index (χ0) is 10.7. The molecule has 2 aromatic rings. The summed E-state index contributed by atoms with van der Waals surface area (Å²) in [5.74, 6) is 0. The summed E-state index contributed by atoms with van der Waals surface area (Å²) in [7, 11) is 0. The molecule has 1 heterocycles. The van der Waals surface area contributed by atoms with Gasteiger partial charge in [0.25, 0.3) is 0 Å². The van der Waals surface area contributed by atoms with Crippen LogP contribution in [0.4, 0.5) is 0 Å². The molecule has 0 unspecified atom stereocenters. The first-order valence-corrected chi connectivity index (χ1v) is 5.40. The highest BCUT2D eigenvalue weighted by atomic mass is 32.1. The molecule has 0 aliphatic heterocycles. The topological polar surface area (TPSA) is 44.0 Å². The van der Waals surface area contributed by atoms with Crippen molar-refractivity contribution in [3.63, 3.8) is 0 Å². The summed E-state index contributed by atoms with van der Waals surface area (Å²) in [5, 5.41) is 19.5. The Hall–Kier alpha value is -1.63. The molecule has 0 amide bonds. The molecule has 0 atom stereocenters. The van der Waals surface area contributed by atoms with Gasteiger partial charge in [0.05, 0.1) is 18.2 Å². The van der Waals surface area contributed by atoms with Gasteiger partial charge in [0.2, 0.25) is 0 Å². The van der Waals surface area contributed by atoms with Gasteiger partial charge in [0.15, 0.2) is 0 Å². The Bertz CT molecular complexity index is 493. The highest BCUT2D eigenvalue weighted by molar-refractivity contribution is 7.13. The molecule has 0 saturated carbocycles. The number of aliphatic hydroxyl groups excluding tert-OH is 1. The van der Waals surface area contributed by atoms with Gasteiger partial charge in [-0.05, 0) is 34.7 Å². The zero-order valence-corrected chi connectivity index (χ0v) is 8.79. The van der Waals surface area contributed by atoms with Gasteiger partial charge in [0, 0.05) is 4.88 Å². The predicted octanol–water partition coefficient (Wildman–Crippen LogP) is 2.78. The van der Waals surface area contributed by atoms with Crippen LogP contribution in [0.5, 0.6) is 0 Å². The van der Waals surface area contributed by atoms with E-state index in [-0.39, 0.29) is 6.61 Å². The van der Waals surface area contributed by atoms with Gasteiger partial charge in [-0.15, -0.1) is 11.3 Å². The van der Waals surface area contributed by atoms with Gasteiger partial charge in [-0.3, -0.25) is 0 Å². The first-order chi connectivity index (χ1) is 7.33. The van der Waals surface area contributed by atoms with Crippen LogP contribution < -0.4 is 0 Å². The second-order valence-corrected chi connectivity index (χ2v) is 4.08. The summed E-state index contributed by atoms with van der Waals surface area (Å²) in [6, 6.07) is 11.5. The van der Waals surface area contributed by atoms with Crippen molar-refractivity contribution in [3.05, 3.63) is 46.8 Å². The van der Waals surface area contributed by atoms with E-state index in [1.807, 2.05) is 23.6 Å². The second kappa shape index (κ2) is 4.26.